The molecule has 15 heavy (non-hydrogen) atoms. The first kappa shape index (κ1) is 11.0. The molecule has 4 heteroatoms. The zero-order valence-corrected chi connectivity index (χ0v) is 9.72. The van der Waals surface area contributed by atoms with Crippen molar-refractivity contribution in [3.63, 3.8) is 0 Å². The SMILES string of the molecule is OCCc1cnc(CC2CCCCN2)s1. The summed E-state index contributed by atoms with van der Waals surface area (Å²) < 4.78 is 0. The molecule has 1 aromatic rings. The van der Waals surface area contributed by atoms with E-state index in [1.165, 1.54) is 29.1 Å². The number of aliphatic hydroxyl groups excluding tert-OH is 1. The van der Waals surface area contributed by atoms with Crippen LogP contribution in [0.1, 0.15) is 29.1 Å². The van der Waals surface area contributed by atoms with Crippen molar-refractivity contribution in [3.8, 4) is 0 Å². The highest BCUT2D eigenvalue weighted by Crippen LogP contribution is 2.18. The highest BCUT2D eigenvalue weighted by atomic mass is 32.1. The quantitative estimate of drug-likeness (QED) is 0.815. The molecule has 84 valence electrons. The zero-order valence-electron chi connectivity index (χ0n) is 8.91. The van der Waals surface area contributed by atoms with E-state index in [9.17, 15) is 0 Å². The maximum absolute atomic E-state index is 8.82. The van der Waals surface area contributed by atoms with Gasteiger partial charge in [0.15, 0.2) is 0 Å². The van der Waals surface area contributed by atoms with Gasteiger partial charge in [0, 0.05) is 36.6 Å². The molecule has 0 radical (unpaired) electrons. The third kappa shape index (κ3) is 3.26. The van der Waals surface area contributed by atoms with Crippen LogP contribution in [0.15, 0.2) is 6.20 Å². The van der Waals surface area contributed by atoms with Crippen LogP contribution >= 0.6 is 11.3 Å². The Bertz CT molecular complexity index is 295. The van der Waals surface area contributed by atoms with Crippen LogP contribution in [-0.2, 0) is 12.8 Å². The van der Waals surface area contributed by atoms with Gasteiger partial charge >= 0.3 is 0 Å². The first-order valence-corrected chi connectivity index (χ1v) is 6.48. The second-order valence-corrected chi connectivity index (χ2v) is 5.24. The minimum atomic E-state index is 0.226. The van der Waals surface area contributed by atoms with Gasteiger partial charge in [-0.15, -0.1) is 11.3 Å². The number of nitrogens with one attached hydrogen (secondary N) is 1. The number of thiazole rings is 1. The average molecular weight is 226 g/mol. The van der Waals surface area contributed by atoms with Crippen molar-refractivity contribution >= 4 is 11.3 Å². The molecule has 1 aliphatic rings. The number of aliphatic hydroxyl groups is 1. The molecule has 1 aliphatic heterocycles. The van der Waals surface area contributed by atoms with Crippen LogP contribution in [0.2, 0.25) is 0 Å². The van der Waals surface area contributed by atoms with E-state index in [2.05, 4.69) is 10.3 Å². The Kier molecular flexibility index (Phi) is 4.11. The standard InChI is InChI=1S/C11H18N2OS/c14-6-4-10-8-13-11(15-10)7-9-3-1-2-5-12-9/h8-9,12,14H,1-7H2. The minimum Gasteiger partial charge on any atom is -0.396 e. The highest BCUT2D eigenvalue weighted by molar-refractivity contribution is 7.11. The number of aromatic nitrogens is 1. The predicted molar refractivity (Wildman–Crippen MR) is 62.2 cm³/mol. The van der Waals surface area contributed by atoms with Gasteiger partial charge in [-0.2, -0.15) is 0 Å². The van der Waals surface area contributed by atoms with E-state index in [-0.39, 0.29) is 6.61 Å². The lowest BCUT2D eigenvalue weighted by Gasteiger charge is -2.22. The zero-order chi connectivity index (χ0) is 10.5. The van der Waals surface area contributed by atoms with Gasteiger partial charge in [-0.25, -0.2) is 4.98 Å². The number of nitrogens with zero attached hydrogens (tertiary/aromatic N) is 1. The highest BCUT2D eigenvalue weighted by Gasteiger charge is 2.14. The topological polar surface area (TPSA) is 45.2 Å². The van der Waals surface area contributed by atoms with Crippen LogP contribution in [0.3, 0.4) is 0 Å². The van der Waals surface area contributed by atoms with Crippen molar-refractivity contribution in [1.82, 2.24) is 10.3 Å². The summed E-state index contributed by atoms with van der Waals surface area (Å²) in [6.07, 6.45) is 7.62. The molecule has 0 amide bonds. The lowest BCUT2D eigenvalue weighted by molar-refractivity contribution is 0.300. The van der Waals surface area contributed by atoms with Crippen molar-refractivity contribution in [2.45, 2.75) is 38.1 Å². The van der Waals surface area contributed by atoms with Crippen LogP contribution < -0.4 is 5.32 Å². The van der Waals surface area contributed by atoms with Gasteiger partial charge in [-0.3, -0.25) is 0 Å². The summed E-state index contributed by atoms with van der Waals surface area (Å²) in [6, 6.07) is 0.617. The Balaban J connectivity index is 1.86. The Hall–Kier alpha value is -0.450. The van der Waals surface area contributed by atoms with E-state index in [0.717, 1.165) is 19.4 Å². The lowest BCUT2D eigenvalue weighted by atomic mass is 10.0. The minimum absolute atomic E-state index is 0.226. The Labute approximate surface area is 94.5 Å². The maximum Gasteiger partial charge on any atom is 0.0943 e. The number of piperidine rings is 1. The Morgan fingerprint density at radius 1 is 1.53 bits per heavy atom. The summed E-state index contributed by atoms with van der Waals surface area (Å²) in [5.41, 5.74) is 0. The van der Waals surface area contributed by atoms with Crippen LogP contribution in [0.25, 0.3) is 0 Å². The summed E-state index contributed by atoms with van der Waals surface area (Å²) in [5, 5.41) is 13.5. The van der Waals surface area contributed by atoms with Gasteiger partial charge in [0.1, 0.15) is 0 Å². The molecule has 2 N–H and O–H groups in total. The van der Waals surface area contributed by atoms with Crippen LogP contribution in [0.4, 0.5) is 0 Å². The van der Waals surface area contributed by atoms with Crippen molar-refractivity contribution < 1.29 is 5.11 Å². The molecular formula is C11H18N2OS. The van der Waals surface area contributed by atoms with Crippen molar-refractivity contribution in [1.29, 1.82) is 0 Å². The molecular weight excluding hydrogens is 208 g/mol. The van der Waals surface area contributed by atoms with Crippen LogP contribution in [0.5, 0.6) is 0 Å². The molecule has 1 unspecified atom stereocenters. The molecule has 1 saturated heterocycles. The normalized spacial score (nSPS) is 21.8. The molecule has 2 heterocycles. The Morgan fingerprint density at radius 3 is 3.20 bits per heavy atom. The third-order valence-electron chi connectivity index (χ3n) is 2.79. The van der Waals surface area contributed by atoms with Crippen molar-refractivity contribution in [3.05, 3.63) is 16.1 Å². The first-order valence-electron chi connectivity index (χ1n) is 5.66. The van der Waals surface area contributed by atoms with Gasteiger partial charge in [-0.05, 0) is 19.4 Å². The summed E-state index contributed by atoms with van der Waals surface area (Å²) in [5.74, 6) is 0. The van der Waals surface area contributed by atoms with Crippen LogP contribution in [-0.4, -0.2) is 29.3 Å². The first-order chi connectivity index (χ1) is 7.38. The molecule has 0 bridgehead atoms. The van der Waals surface area contributed by atoms with Gasteiger partial charge in [-0.1, -0.05) is 6.42 Å². The summed E-state index contributed by atoms with van der Waals surface area (Å²) in [4.78, 5) is 5.59. The average Bonchev–Trinajstić information content (AvgIpc) is 2.68. The monoisotopic (exact) mass is 226 g/mol. The third-order valence-corrected chi connectivity index (χ3v) is 3.87. The molecule has 1 aromatic heterocycles. The van der Waals surface area contributed by atoms with E-state index in [0.29, 0.717) is 6.04 Å². The van der Waals surface area contributed by atoms with Gasteiger partial charge in [0.25, 0.3) is 0 Å². The largest absolute Gasteiger partial charge is 0.396 e. The molecule has 0 aromatic carbocycles. The summed E-state index contributed by atoms with van der Waals surface area (Å²) in [6.45, 7) is 1.38. The fourth-order valence-corrected chi connectivity index (χ4v) is 2.97. The molecule has 0 saturated carbocycles. The van der Waals surface area contributed by atoms with Crippen molar-refractivity contribution in [2.75, 3.05) is 13.2 Å². The van der Waals surface area contributed by atoms with E-state index in [1.54, 1.807) is 11.3 Å². The van der Waals surface area contributed by atoms with Gasteiger partial charge in [0.05, 0.1) is 5.01 Å². The molecule has 3 nitrogen and oxygen atoms in total. The summed E-state index contributed by atoms with van der Waals surface area (Å²) in [7, 11) is 0. The number of rotatable bonds is 4. The van der Waals surface area contributed by atoms with Gasteiger partial charge in [0.2, 0.25) is 0 Å². The van der Waals surface area contributed by atoms with Gasteiger partial charge < -0.3 is 10.4 Å². The van der Waals surface area contributed by atoms with Crippen molar-refractivity contribution in [2.24, 2.45) is 0 Å². The number of hydrogen-bond acceptors (Lipinski definition) is 4. The fourth-order valence-electron chi connectivity index (χ4n) is 1.98. The smallest absolute Gasteiger partial charge is 0.0943 e. The van der Waals surface area contributed by atoms with Crippen LogP contribution in [0, 0.1) is 0 Å². The predicted octanol–water partition coefficient (Wildman–Crippen LogP) is 1.36. The maximum atomic E-state index is 8.82. The lowest BCUT2D eigenvalue weighted by Crippen LogP contribution is -2.35. The number of hydrogen-bond donors (Lipinski definition) is 2. The summed E-state index contributed by atoms with van der Waals surface area (Å²) >= 11 is 1.74. The van der Waals surface area contributed by atoms with E-state index >= 15 is 0 Å². The van der Waals surface area contributed by atoms with E-state index in [1.807, 2.05) is 6.20 Å². The fraction of sp³-hybridized carbons (Fsp3) is 0.727. The molecule has 0 aliphatic carbocycles. The molecule has 1 atom stereocenters. The second kappa shape index (κ2) is 5.58. The molecule has 1 fully saturated rings. The van der Waals surface area contributed by atoms with E-state index < -0.39 is 0 Å². The molecule has 2 rings (SSSR count). The van der Waals surface area contributed by atoms with E-state index in [4.69, 9.17) is 5.11 Å². The second-order valence-electron chi connectivity index (χ2n) is 4.04. The molecule has 0 spiro atoms. The Morgan fingerprint density at radius 2 is 2.47 bits per heavy atom.